The fourth-order valence-electron chi connectivity index (χ4n) is 1.67. The van der Waals surface area contributed by atoms with E-state index in [1.54, 1.807) is 18.2 Å². The van der Waals surface area contributed by atoms with Gasteiger partial charge < -0.3 is 11.1 Å². The van der Waals surface area contributed by atoms with Crippen LogP contribution in [0, 0.1) is 11.6 Å². The molecule has 0 amide bonds. The molecule has 0 aliphatic carbocycles. The molecule has 0 aromatic heterocycles. The maximum absolute atomic E-state index is 13.8. The maximum Gasteiger partial charge on any atom is 0.146 e. The summed E-state index contributed by atoms with van der Waals surface area (Å²) in [4.78, 5) is 0. The average molecular weight is 248 g/mol. The predicted molar refractivity (Wildman–Crippen MR) is 68.8 cm³/mol. The van der Waals surface area contributed by atoms with E-state index in [2.05, 4.69) is 5.32 Å². The highest BCUT2D eigenvalue weighted by molar-refractivity contribution is 5.60. The molecule has 2 nitrogen and oxygen atoms in total. The SMILES string of the molecule is NCCc1ccc(Nc2ccc(F)cc2)c(F)c1. The van der Waals surface area contributed by atoms with Crippen molar-refractivity contribution in [2.75, 3.05) is 11.9 Å². The topological polar surface area (TPSA) is 38.0 Å². The van der Waals surface area contributed by atoms with Gasteiger partial charge in [0.15, 0.2) is 0 Å². The van der Waals surface area contributed by atoms with Crippen LogP contribution in [0.5, 0.6) is 0 Å². The molecule has 0 heterocycles. The molecule has 0 radical (unpaired) electrons. The van der Waals surface area contributed by atoms with Crippen LogP contribution in [0.2, 0.25) is 0 Å². The van der Waals surface area contributed by atoms with Crippen LogP contribution in [-0.2, 0) is 6.42 Å². The van der Waals surface area contributed by atoms with Gasteiger partial charge in [0.2, 0.25) is 0 Å². The van der Waals surface area contributed by atoms with Crippen LogP contribution in [0.15, 0.2) is 42.5 Å². The summed E-state index contributed by atoms with van der Waals surface area (Å²) in [7, 11) is 0. The van der Waals surface area contributed by atoms with Gasteiger partial charge in [0.1, 0.15) is 11.6 Å². The Labute approximate surface area is 104 Å². The number of hydrogen-bond acceptors (Lipinski definition) is 2. The van der Waals surface area contributed by atoms with E-state index in [0.717, 1.165) is 5.56 Å². The number of halogens is 2. The smallest absolute Gasteiger partial charge is 0.146 e. The molecule has 0 spiro atoms. The van der Waals surface area contributed by atoms with Gasteiger partial charge in [-0.3, -0.25) is 0 Å². The summed E-state index contributed by atoms with van der Waals surface area (Å²) in [5, 5.41) is 2.90. The van der Waals surface area contributed by atoms with Gasteiger partial charge in [-0.15, -0.1) is 0 Å². The molecule has 0 aliphatic heterocycles. The molecule has 2 aromatic carbocycles. The Hall–Kier alpha value is -1.94. The molecule has 0 atom stereocenters. The molecule has 18 heavy (non-hydrogen) atoms. The van der Waals surface area contributed by atoms with Gasteiger partial charge in [-0.05, 0) is 54.9 Å². The van der Waals surface area contributed by atoms with Crippen LogP contribution >= 0.6 is 0 Å². The van der Waals surface area contributed by atoms with Crippen LogP contribution in [0.3, 0.4) is 0 Å². The zero-order valence-corrected chi connectivity index (χ0v) is 9.79. The van der Waals surface area contributed by atoms with E-state index in [4.69, 9.17) is 5.73 Å². The highest BCUT2D eigenvalue weighted by Gasteiger charge is 2.04. The van der Waals surface area contributed by atoms with Gasteiger partial charge >= 0.3 is 0 Å². The predicted octanol–water partition coefficient (Wildman–Crippen LogP) is 3.21. The Morgan fingerprint density at radius 3 is 2.33 bits per heavy atom. The lowest BCUT2D eigenvalue weighted by Crippen LogP contribution is -2.03. The van der Waals surface area contributed by atoms with E-state index in [0.29, 0.717) is 24.3 Å². The lowest BCUT2D eigenvalue weighted by Gasteiger charge is -2.09. The third-order valence-electron chi connectivity index (χ3n) is 2.59. The molecular formula is C14H14F2N2. The first kappa shape index (κ1) is 12.5. The zero-order valence-electron chi connectivity index (χ0n) is 9.79. The van der Waals surface area contributed by atoms with Crippen LogP contribution < -0.4 is 11.1 Å². The molecule has 2 aromatic rings. The van der Waals surface area contributed by atoms with E-state index in [-0.39, 0.29) is 11.6 Å². The number of anilines is 2. The second kappa shape index (κ2) is 5.60. The summed E-state index contributed by atoms with van der Waals surface area (Å²) in [6, 6.07) is 10.7. The lowest BCUT2D eigenvalue weighted by atomic mass is 10.1. The first-order chi connectivity index (χ1) is 8.69. The van der Waals surface area contributed by atoms with Crippen LogP contribution in [0.25, 0.3) is 0 Å². The van der Waals surface area contributed by atoms with E-state index >= 15 is 0 Å². The standard InChI is InChI=1S/C14H14F2N2/c15-11-2-4-12(5-3-11)18-14-6-1-10(7-8-17)9-13(14)16/h1-6,9,18H,7-8,17H2. The summed E-state index contributed by atoms with van der Waals surface area (Å²) in [6.07, 6.45) is 0.647. The van der Waals surface area contributed by atoms with Crippen molar-refractivity contribution >= 4 is 11.4 Å². The summed E-state index contributed by atoms with van der Waals surface area (Å²) in [6.45, 7) is 0.490. The molecule has 2 rings (SSSR count). The Balaban J connectivity index is 2.16. The van der Waals surface area contributed by atoms with Crippen molar-refractivity contribution in [3.63, 3.8) is 0 Å². The van der Waals surface area contributed by atoms with Crippen molar-refractivity contribution in [3.8, 4) is 0 Å². The van der Waals surface area contributed by atoms with E-state index in [1.165, 1.54) is 18.2 Å². The third-order valence-corrected chi connectivity index (χ3v) is 2.59. The lowest BCUT2D eigenvalue weighted by molar-refractivity contribution is 0.627. The van der Waals surface area contributed by atoms with Crippen molar-refractivity contribution in [2.45, 2.75) is 6.42 Å². The van der Waals surface area contributed by atoms with Crippen LogP contribution in [0.1, 0.15) is 5.56 Å². The highest BCUT2D eigenvalue weighted by Crippen LogP contribution is 2.21. The number of rotatable bonds is 4. The van der Waals surface area contributed by atoms with Gasteiger partial charge in [0.25, 0.3) is 0 Å². The Morgan fingerprint density at radius 1 is 1.00 bits per heavy atom. The first-order valence-corrected chi connectivity index (χ1v) is 5.70. The Morgan fingerprint density at radius 2 is 1.72 bits per heavy atom. The minimum atomic E-state index is -0.342. The summed E-state index contributed by atoms with van der Waals surface area (Å²) < 4.78 is 26.5. The molecular weight excluding hydrogens is 234 g/mol. The van der Waals surface area contributed by atoms with Gasteiger partial charge in [-0.2, -0.15) is 0 Å². The van der Waals surface area contributed by atoms with Gasteiger partial charge in [-0.1, -0.05) is 6.07 Å². The van der Waals surface area contributed by atoms with Crippen molar-refractivity contribution < 1.29 is 8.78 Å². The molecule has 0 saturated heterocycles. The second-order valence-electron chi connectivity index (χ2n) is 3.98. The van der Waals surface area contributed by atoms with Gasteiger partial charge in [-0.25, -0.2) is 8.78 Å². The summed E-state index contributed by atoms with van der Waals surface area (Å²) >= 11 is 0. The maximum atomic E-state index is 13.8. The summed E-state index contributed by atoms with van der Waals surface area (Å²) in [5.41, 5.74) is 7.28. The first-order valence-electron chi connectivity index (χ1n) is 5.70. The normalized spacial score (nSPS) is 10.4. The van der Waals surface area contributed by atoms with Gasteiger partial charge in [0, 0.05) is 5.69 Å². The van der Waals surface area contributed by atoms with Crippen molar-refractivity contribution in [1.82, 2.24) is 0 Å². The molecule has 0 saturated carbocycles. The second-order valence-corrected chi connectivity index (χ2v) is 3.98. The molecule has 0 bridgehead atoms. The van der Waals surface area contributed by atoms with Crippen LogP contribution in [-0.4, -0.2) is 6.54 Å². The molecule has 0 aliphatic rings. The highest BCUT2D eigenvalue weighted by atomic mass is 19.1. The summed E-state index contributed by atoms with van der Waals surface area (Å²) in [5.74, 6) is -0.662. The number of benzene rings is 2. The zero-order chi connectivity index (χ0) is 13.0. The fourth-order valence-corrected chi connectivity index (χ4v) is 1.67. The van der Waals surface area contributed by atoms with E-state index < -0.39 is 0 Å². The van der Waals surface area contributed by atoms with Crippen molar-refractivity contribution in [2.24, 2.45) is 5.73 Å². The van der Waals surface area contributed by atoms with Gasteiger partial charge in [0.05, 0.1) is 5.69 Å². The Bertz CT molecular complexity index is 524. The van der Waals surface area contributed by atoms with Crippen molar-refractivity contribution in [1.29, 1.82) is 0 Å². The van der Waals surface area contributed by atoms with E-state index in [1.807, 2.05) is 6.07 Å². The molecule has 4 heteroatoms. The fraction of sp³-hybridized carbons (Fsp3) is 0.143. The molecule has 0 fully saturated rings. The Kier molecular flexibility index (Phi) is 3.89. The average Bonchev–Trinajstić information content (AvgIpc) is 2.36. The molecule has 94 valence electrons. The quantitative estimate of drug-likeness (QED) is 0.872. The monoisotopic (exact) mass is 248 g/mol. The van der Waals surface area contributed by atoms with E-state index in [9.17, 15) is 8.78 Å². The number of nitrogens with one attached hydrogen (secondary N) is 1. The minimum absolute atomic E-state index is 0.320. The van der Waals surface area contributed by atoms with Crippen LogP contribution in [0.4, 0.5) is 20.2 Å². The largest absolute Gasteiger partial charge is 0.353 e. The molecule has 0 unspecified atom stereocenters. The molecule has 3 N–H and O–H groups in total. The number of hydrogen-bond donors (Lipinski definition) is 2. The number of nitrogens with two attached hydrogens (primary N) is 1. The van der Waals surface area contributed by atoms with Crippen molar-refractivity contribution in [3.05, 3.63) is 59.7 Å². The minimum Gasteiger partial charge on any atom is -0.353 e. The third kappa shape index (κ3) is 3.05.